The summed E-state index contributed by atoms with van der Waals surface area (Å²) in [5.41, 5.74) is 4.43. The fraction of sp³-hybridized carbons (Fsp3) is 0.455. The first-order valence-electron chi connectivity index (χ1n) is 9.79. The van der Waals surface area contributed by atoms with Gasteiger partial charge >= 0.3 is 0 Å². The van der Waals surface area contributed by atoms with Crippen molar-refractivity contribution in [3.05, 3.63) is 50.4 Å². The molecule has 5 nitrogen and oxygen atoms in total. The van der Waals surface area contributed by atoms with Gasteiger partial charge in [0.2, 0.25) is 0 Å². The third-order valence-corrected chi connectivity index (χ3v) is 5.86. The molecule has 0 aliphatic heterocycles. The number of fused-ring (bicyclic) bond motifs is 1. The van der Waals surface area contributed by atoms with Gasteiger partial charge in [0.1, 0.15) is 11.3 Å². The van der Waals surface area contributed by atoms with Crippen molar-refractivity contribution in [2.24, 2.45) is 5.92 Å². The van der Waals surface area contributed by atoms with Crippen molar-refractivity contribution in [3.8, 4) is 17.1 Å². The van der Waals surface area contributed by atoms with Crippen LogP contribution >= 0.6 is 11.6 Å². The van der Waals surface area contributed by atoms with Gasteiger partial charge in [0.25, 0.3) is 5.56 Å². The maximum Gasteiger partial charge on any atom is 0.278 e. The maximum absolute atomic E-state index is 13.6. The number of nitrogens with zero attached hydrogens (tertiary/aromatic N) is 3. The average molecular weight is 400 g/mol. The number of benzene rings is 1. The third-order valence-electron chi connectivity index (χ3n) is 5.56. The Hall–Kier alpha value is -2.27. The van der Waals surface area contributed by atoms with Crippen molar-refractivity contribution in [1.82, 2.24) is 14.2 Å². The highest BCUT2D eigenvalue weighted by atomic mass is 35.5. The van der Waals surface area contributed by atoms with Gasteiger partial charge in [-0.15, -0.1) is 5.10 Å². The minimum absolute atomic E-state index is 0.0139. The molecule has 0 spiro atoms. The van der Waals surface area contributed by atoms with E-state index < -0.39 is 0 Å². The number of rotatable bonds is 5. The predicted molar refractivity (Wildman–Crippen MR) is 113 cm³/mol. The van der Waals surface area contributed by atoms with Gasteiger partial charge in [0.15, 0.2) is 5.82 Å². The van der Waals surface area contributed by atoms with E-state index in [1.54, 1.807) is 17.7 Å². The Balaban J connectivity index is 2.06. The van der Waals surface area contributed by atoms with Gasteiger partial charge < -0.3 is 4.74 Å². The van der Waals surface area contributed by atoms with Crippen LogP contribution in [-0.2, 0) is 6.54 Å². The molecule has 0 saturated heterocycles. The predicted octanol–water partition coefficient (Wildman–Crippen LogP) is 4.98. The summed E-state index contributed by atoms with van der Waals surface area (Å²) in [5, 5.41) is 5.46. The van der Waals surface area contributed by atoms with Gasteiger partial charge in [-0.25, -0.2) is 4.52 Å². The van der Waals surface area contributed by atoms with Crippen LogP contribution in [0.15, 0.2) is 23.0 Å². The highest BCUT2D eigenvalue weighted by molar-refractivity contribution is 6.33. The van der Waals surface area contributed by atoms with Crippen LogP contribution in [0.1, 0.15) is 49.4 Å². The summed E-state index contributed by atoms with van der Waals surface area (Å²) < 4.78 is 8.96. The highest BCUT2D eigenvalue weighted by Gasteiger charge is 2.27. The molecular weight excluding hydrogens is 374 g/mol. The third kappa shape index (κ3) is 3.12. The first-order chi connectivity index (χ1) is 13.3. The molecule has 6 heteroatoms. The van der Waals surface area contributed by atoms with E-state index in [2.05, 4.69) is 19.9 Å². The largest absolute Gasteiger partial charge is 0.497 e. The molecule has 0 radical (unpaired) electrons. The lowest BCUT2D eigenvalue weighted by Crippen LogP contribution is -2.27. The lowest BCUT2D eigenvalue weighted by molar-refractivity contribution is 0.414. The molecule has 1 aromatic carbocycles. The minimum Gasteiger partial charge on any atom is -0.497 e. The van der Waals surface area contributed by atoms with E-state index in [0.29, 0.717) is 34.6 Å². The van der Waals surface area contributed by atoms with Crippen LogP contribution in [0.2, 0.25) is 5.02 Å². The molecule has 2 aromatic heterocycles. The summed E-state index contributed by atoms with van der Waals surface area (Å²) in [6.07, 6.45) is 2.31. The SMILES string of the molecule is COc1cc(C)c(-c2nn3c(C)cc(C(C)C)c3c(=O)n2CC2CC2)c(Cl)c1. The highest BCUT2D eigenvalue weighted by Crippen LogP contribution is 2.36. The fourth-order valence-corrected chi connectivity index (χ4v) is 4.18. The number of methoxy groups -OCH3 is 1. The Bertz CT molecular complexity index is 1100. The smallest absolute Gasteiger partial charge is 0.278 e. The molecule has 0 bridgehead atoms. The Labute approximate surface area is 169 Å². The number of hydrogen-bond acceptors (Lipinski definition) is 3. The molecule has 1 aliphatic rings. The van der Waals surface area contributed by atoms with Crippen molar-refractivity contribution in [2.45, 2.75) is 53.0 Å². The Morgan fingerprint density at radius 2 is 1.96 bits per heavy atom. The Morgan fingerprint density at radius 3 is 2.54 bits per heavy atom. The molecule has 2 heterocycles. The van der Waals surface area contributed by atoms with E-state index in [0.717, 1.165) is 35.2 Å². The molecule has 1 fully saturated rings. The van der Waals surface area contributed by atoms with Crippen LogP contribution in [0.4, 0.5) is 0 Å². The molecule has 0 amide bonds. The van der Waals surface area contributed by atoms with Crippen LogP contribution in [-0.4, -0.2) is 21.3 Å². The van der Waals surface area contributed by atoms with Gasteiger partial charge in [-0.05, 0) is 67.9 Å². The second-order valence-electron chi connectivity index (χ2n) is 8.14. The minimum atomic E-state index is 0.0139. The van der Waals surface area contributed by atoms with Gasteiger partial charge in [0, 0.05) is 17.8 Å². The summed E-state index contributed by atoms with van der Waals surface area (Å²) in [6.45, 7) is 8.86. The van der Waals surface area contributed by atoms with E-state index >= 15 is 0 Å². The molecule has 1 saturated carbocycles. The number of halogens is 1. The lowest BCUT2D eigenvalue weighted by Gasteiger charge is -2.17. The van der Waals surface area contributed by atoms with Gasteiger partial charge in [-0.3, -0.25) is 9.36 Å². The molecule has 3 aromatic rings. The van der Waals surface area contributed by atoms with Gasteiger partial charge in [0.05, 0.1) is 12.1 Å². The normalized spacial score (nSPS) is 14.2. The standard InChI is InChI=1S/C22H26ClN3O2/c1-12(2)17-9-14(4)26-20(17)22(27)25(11-15-6-7-15)21(24-26)19-13(3)8-16(28-5)10-18(19)23/h8-10,12,15H,6-7,11H2,1-5H3. The Morgan fingerprint density at radius 1 is 1.25 bits per heavy atom. The van der Waals surface area contributed by atoms with E-state index in [1.165, 1.54) is 0 Å². The molecule has 0 atom stereocenters. The first kappa shape index (κ1) is 19.1. The van der Waals surface area contributed by atoms with E-state index in [1.807, 2.05) is 24.5 Å². The summed E-state index contributed by atoms with van der Waals surface area (Å²) in [5.74, 6) is 2.12. The molecule has 4 rings (SSSR count). The van der Waals surface area contributed by atoms with Gasteiger partial charge in [-0.2, -0.15) is 0 Å². The number of hydrogen-bond donors (Lipinski definition) is 0. The van der Waals surface area contributed by atoms with Crippen LogP contribution in [0, 0.1) is 19.8 Å². The van der Waals surface area contributed by atoms with Crippen molar-refractivity contribution in [2.75, 3.05) is 7.11 Å². The Kier molecular flexibility index (Phi) is 4.74. The monoisotopic (exact) mass is 399 g/mol. The fourth-order valence-electron chi connectivity index (χ4n) is 3.84. The molecule has 148 valence electrons. The molecule has 0 N–H and O–H groups in total. The quantitative estimate of drug-likeness (QED) is 0.608. The molecule has 28 heavy (non-hydrogen) atoms. The zero-order valence-electron chi connectivity index (χ0n) is 17.0. The van der Waals surface area contributed by atoms with Crippen LogP contribution < -0.4 is 10.3 Å². The van der Waals surface area contributed by atoms with Crippen LogP contribution in [0.25, 0.3) is 16.9 Å². The summed E-state index contributed by atoms with van der Waals surface area (Å²) in [4.78, 5) is 13.6. The van der Waals surface area contributed by atoms with Crippen molar-refractivity contribution >= 4 is 17.1 Å². The number of aryl methyl sites for hydroxylation is 2. The molecular formula is C22H26ClN3O2. The van der Waals surface area contributed by atoms with Crippen LogP contribution in [0.5, 0.6) is 5.75 Å². The van der Waals surface area contributed by atoms with Crippen molar-refractivity contribution in [1.29, 1.82) is 0 Å². The second-order valence-corrected chi connectivity index (χ2v) is 8.55. The maximum atomic E-state index is 13.6. The summed E-state index contributed by atoms with van der Waals surface area (Å²) >= 11 is 6.63. The zero-order valence-corrected chi connectivity index (χ0v) is 17.8. The summed E-state index contributed by atoms with van der Waals surface area (Å²) in [6, 6.07) is 5.78. The lowest BCUT2D eigenvalue weighted by atomic mass is 10.0. The van der Waals surface area contributed by atoms with Crippen molar-refractivity contribution in [3.63, 3.8) is 0 Å². The van der Waals surface area contributed by atoms with E-state index in [4.69, 9.17) is 21.4 Å². The van der Waals surface area contributed by atoms with E-state index in [9.17, 15) is 4.79 Å². The first-order valence-corrected chi connectivity index (χ1v) is 10.2. The molecule has 1 aliphatic carbocycles. The summed E-state index contributed by atoms with van der Waals surface area (Å²) in [7, 11) is 1.62. The number of ether oxygens (including phenoxy) is 1. The topological polar surface area (TPSA) is 48.5 Å². The van der Waals surface area contributed by atoms with E-state index in [-0.39, 0.29) is 11.5 Å². The van der Waals surface area contributed by atoms with Crippen molar-refractivity contribution < 1.29 is 4.74 Å². The second kappa shape index (κ2) is 6.96. The average Bonchev–Trinajstić information content (AvgIpc) is 3.39. The van der Waals surface area contributed by atoms with Crippen LogP contribution in [0.3, 0.4) is 0 Å². The molecule has 0 unspecified atom stereocenters. The zero-order chi connectivity index (χ0) is 20.2. The van der Waals surface area contributed by atoms with Gasteiger partial charge in [-0.1, -0.05) is 25.4 Å². The number of aromatic nitrogens is 3.